The van der Waals surface area contributed by atoms with Gasteiger partial charge in [-0.3, -0.25) is 4.79 Å². The number of rotatable bonds is 4. The van der Waals surface area contributed by atoms with Crippen LogP contribution in [-0.2, 0) is 9.53 Å². The second-order valence-electron chi connectivity index (χ2n) is 5.61. The van der Waals surface area contributed by atoms with Crippen molar-refractivity contribution in [2.45, 2.75) is 31.6 Å². The number of hydrogen-bond acceptors (Lipinski definition) is 2. The maximum Gasteiger partial charge on any atom is 0.309 e. The Bertz CT molecular complexity index is 463. The fraction of sp³-hybridized carbons (Fsp3) is 0.471. The lowest BCUT2D eigenvalue weighted by molar-refractivity contribution is -0.146. The van der Waals surface area contributed by atoms with Crippen LogP contribution in [-0.4, -0.2) is 12.6 Å². The first-order valence-electron chi connectivity index (χ1n) is 7.23. The Balaban J connectivity index is 1.47. The van der Waals surface area contributed by atoms with Crippen LogP contribution in [0.3, 0.4) is 0 Å². The molecule has 1 aromatic rings. The average Bonchev–Trinajstić information content (AvgIpc) is 3.27. The molecule has 0 radical (unpaired) electrons. The highest BCUT2D eigenvalue weighted by atomic mass is 16.5. The predicted octanol–water partition coefficient (Wildman–Crippen LogP) is 3.69. The number of esters is 1. The van der Waals surface area contributed by atoms with Gasteiger partial charge in [0.25, 0.3) is 0 Å². The van der Waals surface area contributed by atoms with Gasteiger partial charge in [0.15, 0.2) is 0 Å². The lowest BCUT2D eigenvalue weighted by atomic mass is 9.97. The molecule has 3 unspecified atom stereocenters. The fourth-order valence-electron chi connectivity index (χ4n) is 2.84. The molecule has 0 saturated heterocycles. The summed E-state index contributed by atoms with van der Waals surface area (Å²) in [6, 6.07) is 10.3. The van der Waals surface area contributed by atoms with Crippen molar-refractivity contribution < 1.29 is 9.53 Å². The highest BCUT2D eigenvalue weighted by Crippen LogP contribution is 2.48. The third kappa shape index (κ3) is 3.06. The number of carbonyl (C=O) groups excluding carboxylic acids is 1. The Morgan fingerprint density at radius 1 is 1.26 bits per heavy atom. The topological polar surface area (TPSA) is 26.3 Å². The standard InChI is InChI=1S/C17H20O2/c18-17(19-12-13-7-3-1-4-8-13)16-11-15(16)14-9-5-2-6-10-14/h2-3,5-7,9-10,13,15-16H,1,4,8,11-12H2. The van der Waals surface area contributed by atoms with E-state index in [9.17, 15) is 4.79 Å². The van der Waals surface area contributed by atoms with Gasteiger partial charge in [0.05, 0.1) is 12.5 Å². The molecule has 0 amide bonds. The molecule has 3 atom stereocenters. The monoisotopic (exact) mass is 256 g/mol. The van der Waals surface area contributed by atoms with E-state index in [0.717, 1.165) is 12.8 Å². The minimum atomic E-state index is -0.00664. The number of allylic oxidation sites excluding steroid dienone is 1. The van der Waals surface area contributed by atoms with Gasteiger partial charge < -0.3 is 4.74 Å². The molecule has 1 fully saturated rings. The van der Waals surface area contributed by atoms with Crippen LogP contribution >= 0.6 is 0 Å². The first kappa shape index (κ1) is 12.5. The molecule has 2 nitrogen and oxygen atoms in total. The molecule has 100 valence electrons. The van der Waals surface area contributed by atoms with Crippen molar-refractivity contribution in [3.05, 3.63) is 48.0 Å². The zero-order valence-corrected chi connectivity index (χ0v) is 11.1. The van der Waals surface area contributed by atoms with Gasteiger partial charge in [0.1, 0.15) is 0 Å². The van der Waals surface area contributed by atoms with Crippen LogP contribution in [0.5, 0.6) is 0 Å². The van der Waals surface area contributed by atoms with Crippen molar-refractivity contribution in [1.82, 2.24) is 0 Å². The second-order valence-corrected chi connectivity index (χ2v) is 5.61. The number of benzene rings is 1. The third-order valence-corrected chi connectivity index (χ3v) is 4.11. The Morgan fingerprint density at radius 3 is 2.84 bits per heavy atom. The average molecular weight is 256 g/mol. The summed E-state index contributed by atoms with van der Waals surface area (Å²) in [5.41, 5.74) is 1.27. The lowest BCUT2D eigenvalue weighted by Crippen LogP contribution is -2.15. The van der Waals surface area contributed by atoms with Crippen LogP contribution in [0.4, 0.5) is 0 Å². The minimum absolute atomic E-state index is 0.00664. The van der Waals surface area contributed by atoms with Crippen molar-refractivity contribution in [2.75, 3.05) is 6.61 Å². The molecule has 0 aliphatic heterocycles. The number of ether oxygens (including phenoxy) is 1. The van der Waals surface area contributed by atoms with Gasteiger partial charge in [-0.25, -0.2) is 0 Å². The Morgan fingerprint density at radius 2 is 2.11 bits per heavy atom. The van der Waals surface area contributed by atoms with Gasteiger partial charge in [-0.1, -0.05) is 42.5 Å². The largest absolute Gasteiger partial charge is 0.465 e. The normalized spacial score (nSPS) is 28.9. The summed E-state index contributed by atoms with van der Waals surface area (Å²) in [6.07, 6.45) is 8.88. The summed E-state index contributed by atoms with van der Waals surface area (Å²) < 4.78 is 5.47. The highest BCUT2D eigenvalue weighted by molar-refractivity contribution is 5.77. The SMILES string of the molecule is O=C(OCC1C=CCCC1)C1CC1c1ccccc1. The second kappa shape index (κ2) is 5.60. The molecule has 19 heavy (non-hydrogen) atoms. The molecule has 2 aliphatic carbocycles. The maximum absolute atomic E-state index is 12.0. The molecule has 0 aromatic heterocycles. The zero-order valence-electron chi connectivity index (χ0n) is 11.1. The van der Waals surface area contributed by atoms with Crippen LogP contribution < -0.4 is 0 Å². The van der Waals surface area contributed by atoms with Crippen molar-refractivity contribution >= 4 is 5.97 Å². The quantitative estimate of drug-likeness (QED) is 0.606. The predicted molar refractivity (Wildman–Crippen MR) is 74.7 cm³/mol. The van der Waals surface area contributed by atoms with E-state index in [-0.39, 0.29) is 11.9 Å². The third-order valence-electron chi connectivity index (χ3n) is 4.11. The molecule has 0 N–H and O–H groups in total. The van der Waals surface area contributed by atoms with E-state index in [2.05, 4.69) is 24.3 Å². The summed E-state index contributed by atoms with van der Waals surface area (Å²) in [7, 11) is 0. The summed E-state index contributed by atoms with van der Waals surface area (Å²) >= 11 is 0. The molecule has 1 aromatic carbocycles. The lowest BCUT2D eigenvalue weighted by Gasteiger charge is -2.16. The van der Waals surface area contributed by atoms with E-state index in [1.165, 1.54) is 18.4 Å². The molecule has 0 spiro atoms. The first-order chi connectivity index (χ1) is 9.34. The van der Waals surface area contributed by atoms with Crippen molar-refractivity contribution in [2.24, 2.45) is 11.8 Å². The van der Waals surface area contributed by atoms with Crippen LogP contribution in [0.25, 0.3) is 0 Å². The van der Waals surface area contributed by atoms with E-state index in [4.69, 9.17) is 4.74 Å². The molecule has 0 heterocycles. The Kier molecular flexibility index (Phi) is 3.67. The van der Waals surface area contributed by atoms with E-state index in [1.54, 1.807) is 0 Å². The smallest absolute Gasteiger partial charge is 0.309 e. The minimum Gasteiger partial charge on any atom is -0.465 e. The summed E-state index contributed by atoms with van der Waals surface area (Å²) in [5, 5.41) is 0. The molecule has 2 heteroatoms. The van der Waals surface area contributed by atoms with Gasteiger partial charge in [0.2, 0.25) is 0 Å². The maximum atomic E-state index is 12.0. The molecular formula is C17H20O2. The van der Waals surface area contributed by atoms with Gasteiger partial charge >= 0.3 is 5.97 Å². The van der Waals surface area contributed by atoms with Gasteiger partial charge in [0, 0.05) is 5.92 Å². The van der Waals surface area contributed by atoms with E-state index in [1.807, 2.05) is 18.2 Å². The molecule has 0 bridgehead atoms. The van der Waals surface area contributed by atoms with Crippen molar-refractivity contribution in [3.8, 4) is 0 Å². The van der Waals surface area contributed by atoms with Crippen molar-refractivity contribution in [1.29, 1.82) is 0 Å². The molecule has 3 rings (SSSR count). The van der Waals surface area contributed by atoms with Gasteiger partial charge in [-0.2, -0.15) is 0 Å². The molecule has 2 aliphatic rings. The van der Waals surface area contributed by atoms with Gasteiger partial charge in [-0.05, 0) is 37.2 Å². The molecule has 1 saturated carbocycles. The number of carbonyl (C=O) groups is 1. The number of hydrogen-bond donors (Lipinski definition) is 0. The van der Waals surface area contributed by atoms with E-state index < -0.39 is 0 Å². The van der Waals surface area contributed by atoms with Crippen LogP contribution in [0, 0.1) is 11.8 Å². The van der Waals surface area contributed by atoms with Crippen LogP contribution in [0.1, 0.15) is 37.2 Å². The zero-order chi connectivity index (χ0) is 13.1. The van der Waals surface area contributed by atoms with Crippen molar-refractivity contribution in [3.63, 3.8) is 0 Å². The van der Waals surface area contributed by atoms with E-state index in [0.29, 0.717) is 18.4 Å². The first-order valence-corrected chi connectivity index (χ1v) is 7.23. The summed E-state index contributed by atoms with van der Waals surface area (Å²) in [4.78, 5) is 12.0. The summed E-state index contributed by atoms with van der Waals surface area (Å²) in [6.45, 7) is 0.563. The van der Waals surface area contributed by atoms with Gasteiger partial charge in [-0.15, -0.1) is 0 Å². The highest BCUT2D eigenvalue weighted by Gasteiger charge is 2.45. The van der Waals surface area contributed by atoms with Crippen LogP contribution in [0.15, 0.2) is 42.5 Å². The Labute approximate surface area is 114 Å². The summed E-state index contributed by atoms with van der Waals surface area (Å²) in [5.74, 6) is 0.907. The Hall–Kier alpha value is -1.57. The fourth-order valence-corrected chi connectivity index (χ4v) is 2.84. The van der Waals surface area contributed by atoms with Crippen LogP contribution in [0.2, 0.25) is 0 Å². The molecular weight excluding hydrogens is 236 g/mol. The van der Waals surface area contributed by atoms with E-state index >= 15 is 0 Å².